The van der Waals surface area contributed by atoms with E-state index in [2.05, 4.69) is 30.7 Å². The molecule has 0 unspecified atom stereocenters. The Kier molecular flexibility index (Phi) is 4.11. The third-order valence-electron chi connectivity index (χ3n) is 2.65. The van der Waals surface area contributed by atoms with Gasteiger partial charge in [-0.25, -0.2) is 18.1 Å². The normalized spacial score (nSPS) is 11.8. The number of nitrogens with one attached hydrogen (secondary N) is 1. The topological polar surface area (TPSA) is 103 Å². The number of rotatable bonds is 4. The maximum atomic E-state index is 12.3. The molecular weight excluding hydrogens is 346 g/mol. The second kappa shape index (κ2) is 5.51. The number of hydrogen-bond donors (Lipinski definition) is 2. The molecule has 2 aromatic rings. The van der Waals surface area contributed by atoms with Crippen molar-refractivity contribution in [3.63, 3.8) is 0 Å². The van der Waals surface area contributed by atoms with Gasteiger partial charge in [0.25, 0.3) is 0 Å². The number of benzene rings is 1. The summed E-state index contributed by atoms with van der Waals surface area (Å²) in [6, 6.07) is 3.09. The van der Waals surface area contributed by atoms with Crippen LogP contribution in [0.4, 0.5) is 5.69 Å². The van der Waals surface area contributed by atoms with Crippen LogP contribution in [0.5, 0.6) is 0 Å². The highest BCUT2D eigenvalue weighted by Crippen LogP contribution is 2.26. The molecule has 7 nitrogen and oxygen atoms in total. The Balaban J connectivity index is 2.24. The van der Waals surface area contributed by atoms with Crippen LogP contribution >= 0.6 is 15.9 Å². The van der Waals surface area contributed by atoms with E-state index in [1.165, 1.54) is 17.1 Å². The predicted molar refractivity (Wildman–Crippen MR) is 78.3 cm³/mol. The Labute approximate surface area is 125 Å². The Morgan fingerprint density at radius 1 is 1.45 bits per heavy atom. The van der Waals surface area contributed by atoms with Gasteiger partial charge >= 0.3 is 0 Å². The van der Waals surface area contributed by atoms with E-state index in [-0.39, 0.29) is 11.4 Å². The molecule has 3 N–H and O–H groups in total. The van der Waals surface area contributed by atoms with Crippen molar-refractivity contribution >= 4 is 31.6 Å². The number of nitrogen functional groups attached to an aromatic ring is 1. The zero-order chi connectivity index (χ0) is 14.9. The Hall–Kier alpha value is -1.45. The van der Waals surface area contributed by atoms with Crippen LogP contribution in [0, 0.1) is 6.92 Å². The Morgan fingerprint density at radius 2 is 2.15 bits per heavy atom. The van der Waals surface area contributed by atoms with Gasteiger partial charge in [-0.05, 0) is 40.5 Å². The van der Waals surface area contributed by atoms with E-state index in [0.29, 0.717) is 21.5 Å². The maximum absolute atomic E-state index is 12.3. The molecule has 0 aliphatic rings. The average molecular weight is 360 g/mol. The Morgan fingerprint density at radius 3 is 2.75 bits per heavy atom. The maximum Gasteiger partial charge on any atom is 0.241 e. The third-order valence-corrected chi connectivity index (χ3v) is 4.88. The van der Waals surface area contributed by atoms with Crippen molar-refractivity contribution in [3.8, 4) is 0 Å². The first-order valence-electron chi connectivity index (χ1n) is 5.69. The van der Waals surface area contributed by atoms with Gasteiger partial charge in [-0.3, -0.25) is 4.68 Å². The van der Waals surface area contributed by atoms with Crippen molar-refractivity contribution in [2.75, 3.05) is 5.73 Å². The van der Waals surface area contributed by atoms with Gasteiger partial charge in [0.1, 0.15) is 6.33 Å². The van der Waals surface area contributed by atoms with Crippen molar-refractivity contribution in [1.82, 2.24) is 19.5 Å². The second-order valence-corrected chi connectivity index (χ2v) is 6.89. The van der Waals surface area contributed by atoms with Gasteiger partial charge in [0.2, 0.25) is 10.0 Å². The summed E-state index contributed by atoms with van der Waals surface area (Å²) in [5.41, 5.74) is 6.70. The van der Waals surface area contributed by atoms with E-state index < -0.39 is 10.0 Å². The lowest BCUT2D eigenvalue weighted by Crippen LogP contribution is -2.24. The van der Waals surface area contributed by atoms with E-state index in [9.17, 15) is 8.42 Å². The monoisotopic (exact) mass is 359 g/mol. The van der Waals surface area contributed by atoms with Crippen molar-refractivity contribution in [2.24, 2.45) is 7.05 Å². The first kappa shape index (κ1) is 14.9. The van der Waals surface area contributed by atoms with Gasteiger partial charge in [0, 0.05) is 17.2 Å². The third kappa shape index (κ3) is 3.17. The van der Waals surface area contributed by atoms with Crippen molar-refractivity contribution in [3.05, 3.63) is 34.3 Å². The first-order valence-corrected chi connectivity index (χ1v) is 7.97. The molecule has 0 spiro atoms. The smallest absolute Gasteiger partial charge is 0.241 e. The summed E-state index contributed by atoms with van der Waals surface area (Å²) < 4.78 is 29.1. The van der Waals surface area contributed by atoms with Crippen LogP contribution in [-0.2, 0) is 23.6 Å². The molecule has 1 heterocycles. The summed E-state index contributed by atoms with van der Waals surface area (Å²) in [5, 5.41) is 4.01. The molecule has 0 bridgehead atoms. The molecule has 20 heavy (non-hydrogen) atoms. The van der Waals surface area contributed by atoms with E-state index in [1.807, 2.05) is 0 Å². The van der Waals surface area contributed by atoms with Gasteiger partial charge in [0.05, 0.1) is 11.4 Å². The SMILES string of the molecule is Cc1cc(Br)c(N)cc1S(=O)(=O)NCc1ncn(C)n1. The highest BCUT2D eigenvalue weighted by molar-refractivity contribution is 9.10. The van der Waals surface area contributed by atoms with Gasteiger partial charge in [-0.2, -0.15) is 5.10 Å². The number of aryl methyl sites for hydroxylation is 2. The average Bonchev–Trinajstić information content (AvgIpc) is 2.77. The lowest BCUT2D eigenvalue weighted by Gasteiger charge is -2.10. The van der Waals surface area contributed by atoms with Gasteiger partial charge in [-0.1, -0.05) is 0 Å². The molecule has 2 rings (SSSR count). The molecule has 0 saturated carbocycles. The second-order valence-electron chi connectivity index (χ2n) is 4.30. The minimum Gasteiger partial charge on any atom is -0.398 e. The number of sulfonamides is 1. The van der Waals surface area contributed by atoms with Crippen LogP contribution < -0.4 is 10.5 Å². The molecule has 0 fully saturated rings. The molecule has 0 saturated heterocycles. The van der Waals surface area contributed by atoms with Crippen molar-refractivity contribution in [1.29, 1.82) is 0 Å². The number of halogens is 1. The quantitative estimate of drug-likeness (QED) is 0.791. The predicted octanol–water partition coefficient (Wildman–Crippen LogP) is 0.947. The van der Waals surface area contributed by atoms with Crippen LogP contribution in [0.2, 0.25) is 0 Å². The van der Waals surface area contributed by atoms with Crippen LogP contribution in [0.25, 0.3) is 0 Å². The fraction of sp³-hybridized carbons (Fsp3) is 0.273. The molecule has 108 valence electrons. The van der Waals surface area contributed by atoms with E-state index >= 15 is 0 Å². The lowest BCUT2D eigenvalue weighted by molar-refractivity contribution is 0.578. The highest BCUT2D eigenvalue weighted by Gasteiger charge is 2.18. The van der Waals surface area contributed by atoms with E-state index in [4.69, 9.17) is 5.73 Å². The van der Waals surface area contributed by atoms with Crippen LogP contribution in [0.3, 0.4) is 0 Å². The number of aromatic nitrogens is 3. The summed E-state index contributed by atoms with van der Waals surface area (Å²) in [7, 11) is -1.95. The van der Waals surface area contributed by atoms with Crippen LogP contribution in [-0.4, -0.2) is 23.2 Å². The summed E-state index contributed by atoms with van der Waals surface area (Å²) in [4.78, 5) is 4.11. The molecule has 0 aliphatic carbocycles. The van der Waals surface area contributed by atoms with Crippen molar-refractivity contribution in [2.45, 2.75) is 18.4 Å². The van der Waals surface area contributed by atoms with E-state index in [1.54, 1.807) is 20.0 Å². The summed E-state index contributed by atoms with van der Waals surface area (Å²) in [6.45, 7) is 1.73. The first-order chi connectivity index (χ1) is 9.29. The Bertz CT molecular complexity index is 741. The largest absolute Gasteiger partial charge is 0.398 e. The zero-order valence-electron chi connectivity index (χ0n) is 11.0. The fourth-order valence-electron chi connectivity index (χ4n) is 1.66. The van der Waals surface area contributed by atoms with Crippen LogP contribution in [0.1, 0.15) is 11.4 Å². The molecule has 1 aromatic carbocycles. The van der Waals surface area contributed by atoms with Crippen molar-refractivity contribution < 1.29 is 8.42 Å². The molecule has 9 heteroatoms. The molecule has 0 atom stereocenters. The molecule has 0 amide bonds. The lowest BCUT2D eigenvalue weighted by atomic mass is 10.2. The summed E-state index contributed by atoms with van der Waals surface area (Å²) in [5.74, 6) is 0.402. The minimum absolute atomic E-state index is 0.0264. The van der Waals surface area contributed by atoms with E-state index in [0.717, 1.165) is 0 Å². The van der Waals surface area contributed by atoms with Gasteiger partial charge in [-0.15, -0.1) is 0 Å². The summed E-state index contributed by atoms with van der Waals surface area (Å²) in [6.07, 6.45) is 1.51. The fourth-order valence-corrected chi connectivity index (χ4v) is 3.36. The van der Waals surface area contributed by atoms with Gasteiger partial charge in [0.15, 0.2) is 5.82 Å². The van der Waals surface area contributed by atoms with Crippen LogP contribution in [0.15, 0.2) is 27.8 Å². The molecule has 1 aromatic heterocycles. The summed E-state index contributed by atoms with van der Waals surface area (Å²) >= 11 is 3.26. The molecular formula is C11H14BrN5O2S. The number of anilines is 1. The van der Waals surface area contributed by atoms with Gasteiger partial charge < -0.3 is 5.73 Å². The highest BCUT2D eigenvalue weighted by atomic mass is 79.9. The molecule has 0 aliphatic heterocycles. The zero-order valence-corrected chi connectivity index (χ0v) is 13.4. The standard InChI is InChI=1S/C11H14BrN5O2S/c1-7-3-8(12)9(13)4-10(7)20(18,19)15-5-11-14-6-17(2)16-11/h3-4,6,15H,5,13H2,1-2H3. The number of nitrogens with zero attached hydrogens (tertiary/aromatic N) is 3. The minimum atomic E-state index is -3.66. The number of nitrogens with two attached hydrogens (primary N) is 1. The number of hydrogen-bond acceptors (Lipinski definition) is 5. The molecule has 0 radical (unpaired) electrons.